The van der Waals surface area contributed by atoms with Gasteiger partial charge in [-0.25, -0.2) is 4.98 Å². The topological polar surface area (TPSA) is 37.0 Å². The van der Waals surface area contributed by atoms with Crippen LogP contribution in [0.1, 0.15) is 11.1 Å². The fourth-order valence-electron chi connectivity index (χ4n) is 7.08. The number of rotatable bonds is 7. The lowest BCUT2D eigenvalue weighted by Crippen LogP contribution is -1.90. The Balaban J connectivity index is 0.000000143. The van der Waals surface area contributed by atoms with Crippen LogP contribution in [0.15, 0.2) is 200 Å². The zero-order valence-corrected chi connectivity index (χ0v) is 30.4. The molecule has 2 N–H and O–H groups in total. The summed E-state index contributed by atoms with van der Waals surface area (Å²) >= 11 is 1.75. The molecule has 258 valence electrons. The molecular formula is C50H37N3S. The summed E-state index contributed by atoms with van der Waals surface area (Å²) in [6, 6.07) is 70.0. The molecule has 0 atom stereocenters. The highest BCUT2D eigenvalue weighted by atomic mass is 32.1. The smallest absolute Gasteiger partial charge is 0.124 e. The Bertz CT molecular complexity index is 2530. The zero-order chi connectivity index (χ0) is 36.1. The summed E-state index contributed by atoms with van der Waals surface area (Å²) in [5, 5.41) is 7.90. The largest absolute Gasteiger partial charge is 0.356 e. The normalized spacial score (nSPS) is 11.3. The molecule has 0 bridgehead atoms. The van der Waals surface area contributed by atoms with Crippen LogP contribution in [-0.2, 0) is 6.42 Å². The van der Waals surface area contributed by atoms with Crippen molar-refractivity contribution < 1.29 is 0 Å². The van der Waals surface area contributed by atoms with Gasteiger partial charge in [0.15, 0.2) is 0 Å². The van der Waals surface area contributed by atoms with Crippen LogP contribution in [0.3, 0.4) is 0 Å². The first-order valence-corrected chi connectivity index (χ1v) is 19.1. The Morgan fingerprint density at radius 2 is 0.852 bits per heavy atom. The monoisotopic (exact) mass is 711 g/mol. The molecule has 0 spiro atoms. The van der Waals surface area contributed by atoms with E-state index in [1.165, 1.54) is 54.8 Å². The molecule has 9 aromatic rings. The van der Waals surface area contributed by atoms with Crippen molar-refractivity contribution in [2.45, 2.75) is 6.42 Å². The average Bonchev–Trinajstić information content (AvgIpc) is 3.85. The van der Waals surface area contributed by atoms with Crippen LogP contribution >= 0.6 is 11.3 Å². The van der Waals surface area contributed by atoms with Gasteiger partial charge in [-0.1, -0.05) is 140 Å². The summed E-state index contributed by atoms with van der Waals surface area (Å²) in [7, 11) is 0. The molecule has 8 aromatic carbocycles. The predicted molar refractivity (Wildman–Crippen MR) is 230 cm³/mol. The molecule has 54 heavy (non-hydrogen) atoms. The molecule has 4 heteroatoms. The number of nitrogens with zero attached hydrogens (tertiary/aromatic N) is 1. The quantitative estimate of drug-likeness (QED) is 0.173. The Hall–Kier alpha value is -6.75. The second kappa shape index (κ2) is 15.1. The van der Waals surface area contributed by atoms with E-state index < -0.39 is 0 Å². The number of anilines is 4. The highest BCUT2D eigenvalue weighted by Gasteiger charge is 2.21. The number of benzene rings is 8. The second-order valence-electron chi connectivity index (χ2n) is 13.4. The SMILES string of the molecule is c1ccc(Nc2ccc(-c3ccc(Nc4ccccc4)cc3)cc2)cc1.c1ccc2c(c1)Cc1c(-c3ccc(-c4nc5ccccc5s4)cc3)cccc1-2. The number of nitrogens with one attached hydrogen (secondary N) is 2. The molecule has 1 aliphatic carbocycles. The minimum absolute atomic E-state index is 1.02. The first-order chi connectivity index (χ1) is 26.7. The van der Waals surface area contributed by atoms with Crippen molar-refractivity contribution in [1.82, 2.24) is 4.98 Å². The first-order valence-electron chi connectivity index (χ1n) is 18.2. The Morgan fingerprint density at radius 3 is 1.48 bits per heavy atom. The lowest BCUT2D eigenvalue weighted by molar-refractivity contribution is 1.26. The Labute approximate surface area is 320 Å². The van der Waals surface area contributed by atoms with Gasteiger partial charge in [0, 0.05) is 28.3 Å². The van der Waals surface area contributed by atoms with Gasteiger partial charge in [0.25, 0.3) is 0 Å². The molecule has 0 saturated heterocycles. The van der Waals surface area contributed by atoms with Crippen LogP contribution in [0.4, 0.5) is 22.7 Å². The summed E-state index contributed by atoms with van der Waals surface area (Å²) in [6.07, 6.45) is 1.02. The number of thiazole rings is 1. The van der Waals surface area contributed by atoms with Gasteiger partial charge in [-0.05, 0) is 112 Å². The lowest BCUT2D eigenvalue weighted by Gasteiger charge is -2.09. The molecule has 1 heterocycles. The van der Waals surface area contributed by atoms with Crippen LogP contribution in [0.25, 0.3) is 54.2 Å². The van der Waals surface area contributed by atoms with Gasteiger partial charge in [0.2, 0.25) is 0 Å². The highest BCUT2D eigenvalue weighted by molar-refractivity contribution is 7.21. The molecule has 0 fully saturated rings. The average molecular weight is 712 g/mol. The molecule has 1 aromatic heterocycles. The van der Waals surface area contributed by atoms with Gasteiger partial charge >= 0.3 is 0 Å². The lowest BCUT2D eigenvalue weighted by atomic mass is 9.95. The van der Waals surface area contributed by atoms with Crippen molar-refractivity contribution in [3.63, 3.8) is 0 Å². The molecule has 0 unspecified atom stereocenters. The van der Waals surface area contributed by atoms with Gasteiger partial charge in [-0.3, -0.25) is 0 Å². The van der Waals surface area contributed by atoms with Crippen LogP contribution in [0, 0.1) is 0 Å². The summed E-state index contributed by atoms with van der Waals surface area (Å²) < 4.78 is 1.24. The molecule has 0 amide bonds. The van der Waals surface area contributed by atoms with Crippen LogP contribution in [0.5, 0.6) is 0 Å². The standard InChI is InChI=1S/C26H17NS.C24H20N2/c1-2-7-21-19(6-1)16-23-20(8-5-9-22(21)23)17-12-14-18(15-13-17)26-27-24-10-3-4-11-25(24)28-26;1-3-7-21(8-4-1)25-23-15-11-19(12-16-23)20-13-17-24(18-14-20)26-22-9-5-2-6-10-22/h1-15H,16H2;1-18,25-26H. The van der Waals surface area contributed by atoms with E-state index in [9.17, 15) is 0 Å². The van der Waals surface area contributed by atoms with Gasteiger partial charge in [0.05, 0.1) is 10.2 Å². The van der Waals surface area contributed by atoms with Crippen molar-refractivity contribution >= 4 is 44.3 Å². The first kappa shape index (κ1) is 33.1. The fourth-order valence-corrected chi connectivity index (χ4v) is 8.06. The van der Waals surface area contributed by atoms with Crippen molar-refractivity contribution in [3.05, 3.63) is 211 Å². The summed E-state index contributed by atoms with van der Waals surface area (Å²) in [6.45, 7) is 0. The van der Waals surface area contributed by atoms with Crippen molar-refractivity contribution in [1.29, 1.82) is 0 Å². The van der Waals surface area contributed by atoms with Crippen molar-refractivity contribution in [2.75, 3.05) is 10.6 Å². The van der Waals surface area contributed by atoms with E-state index in [2.05, 4.69) is 168 Å². The highest BCUT2D eigenvalue weighted by Crippen LogP contribution is 2.42. The fraction of sp³-hybridized carbons (Fsp3) is 0.0200. The molecule has 1 aliphatic rings. The maximum absolute atomic E-state index is 4.79. The Morgan fingerprint density at radius 1 is 0.370 bits per heavy atom. The molecular weight excluding hydrogens is 675 g/mol. The molecule has 10 rings (SSSR count). The summed E-state index contributed by atoms with van der Waals surface area (Å²) in [5.74, 6) is 0. The summed E-state index contributed by atoms with van der Waals surface area (Å²) in [4.78, 5) is 4.79. The number of fused-ring (bicyclic) bond motifs is 4. The van der Waals surface area contributed by atoms with Crippen LogP contribution in [-0.4, -0.2) is 4.98 Å². The second-order valence-corrected chi connectivity index (χ2v) is 14.4. The van der Waals surface area contributed by atoms with E-state index in [0.717, 1.165) is 39.7 Å². The van der Waals surface area contributed by atoms with E-state index in [4.69, 9.17) is 4.98 Å². The van der Waals surface area contributed by atoms with Crippen molar-refractivity contribution in [2.24, 2.45) is 0 Å². The van der Waals surface area contributed by atoms with E-state index in [0.29, 0.717) is 0 Å². The van der Waals surface area contributed by atoms with Gasteiger partial charge in [-0.2, -0.15) is 0 Å². The minimum atomic E-state index is 1.02. The number of hydrogen-bond donors (Lipinski definition) is 2. The number of aromatic nitrogens is 1. The summed E-state index contributed by atoms with van der Waals surface area (Å²) in [5.41, 5.74) is 17.3. The molecule has 0 aliphatic heterocycles. The van der Waals surface area contributed by atoms with Crippen LogP contribution in [0.2, 0.25) is 0 Å². The molecule has 0 radical (unpaired) electrons. The zero-order valence-electron chi connectivity index (χ0n) is 29.6. The van der Waals surface area contributed by atoms with Gasteiger partial charge in [-0.15, -0.1) is 11.3 Å². The minimum Gasteiger partial charge on any atom is -0.356 e. The third kappa shape index (κ3) is 7.16. The van der Waals surface area contributed by atoms with Crippen LogP contribution < -0.4 is 10.6 Å². The number of para-hydroxylation sites is 3. The van der Waals surface area contributed by atoms with E-state index >= 15 is 0 Å². The van der Waals surface area contributed by atoms with Gasteiger partial charge < -0.3 is 10.6 Å². The van der Waals surface area contributed by atoms with Gasteiger partial charge in [0.1, 0.15) is 5.01 Å². The number of hydrogen-bond acceptors (Lipinski definition) is 4. The van der Waals surface area contributed by atoms with E-state index in [1.54, 1.807) is 11.3 Å². The molecule has 3 nitrogen and oxygen atoms in total. The van der Waals surface area contributed by atoms with Crippen molar-refractivity contribution in [3.8, 4) is 44.0 Å². The van der Waals surface area contributed by atoms with E-state index in [1.807, 2.05) is 42.5 Å². The third-order valence-electron chi connectivity index (χ3n) is 9.82. The maximum Gasteiger partial charge on any atom is 0.124 e. The third-order valence-corrected chi connectivity index (χ3v) is 10.9. The Kier molecular flexibility index (Phi) is 9.25. The molecule has 0 saturated carbocycles. The maximum atomic E-state index is 4.79. The van der Waals surface area contributed by atoms with E-state index in [-0.39, 0.29) is 0 Å². The predicted octanol–water partition coefficient (Wildman–Crippen LogP) is 14.0.